The van der Waals surface area contributed by atoms with Crippen molar-refractivity contribution in [3.63, 3.8) is 0 Å². The van der Waals surface area contributed by atoms with E-state index in [2.05, 4.69) is 6.92 Å². The normalized spacial score (nSPS) is 20.7. The summed E-state index contributed by atoms with van der Waals surface area (Å²) in [5.41, 5.74) is 5.18. The molecule has 2 amide bonds. The number of Topliss-reactive ketones (excluding diaryl/α,β-unsaturated/α-hetero) is 1. The zero-order chi connectivity index (χ0) is 30.4. The minimum atomic E-state index is -0.979. The fourth-order valence-corrected chi connectivity index (χ4v) is 6.31. The molecule has 1 aromatic heterocycles. The first-order valence-corrected chi connectivity index (χ1v) is 14.8. The SMILES string of the molecule is Cc1ccc(C(=O)[C@@H](C)OC(=O)c2cc(-c3ccc(N4C(=O)[C@H]5C[C@@H](C)CC[C@H]5C4=O)cc3)nc3ccc(C)cc23)cc1. The van der Waals surface area contributed by atoms with Gasteiger partial charge in [-0.15, -0.1) is 0 Å². The predicted octanol–water partition coefficient (Wildman–Crippen LogP) is 6.87. The standard InChI is InChI=1S/C36H34N2O5/c1-20-5-9-25(10-6-20)33(39)23(4)43-36(42)30-19-32(37-31-16-8-22(3)17-28(30)31)24-11-13-26(14-12-24)38-34(40)27-15-7-21(2)18-29(27)35(38)41/h5-6,8-14,16-17,19,21,23,27,29H,7,15,18H2,1-4H3/t21-,23+,27+,29-/m0/s1. The van der Waals surface area contributed by atoms with Crippen molar-refractivity contribution >= 4 is 40.2 Å². The molecule has 4 atom stereocenters. The highest BCUT2D eigenvalue weighted by Crippen LogP contribution is 2.42. The largest absolute Gasteiger partial charge is 0.451 e. The van der Waals surface area contributed by atoms with E-state index in [4.69, 9.17) is 9.72 Å². The van der Waals surface area contributed by atoms with Crippen molar-refractivity contribution in [2.45, 2.75) is 53.1 Å². The van der Waals surface area contributed by atoms with Gasteiger partial charge in [0.25, 0.3) is 0 Å². The van der Waals surface area contributed by atoms with E-state index in [0.717, 1.165) is 30.4 Å². The van der Waals surface area contributed by atoms with Gasteiger partial charge in [-0.1, -0.05) is 60.5 Å². The van der Waals surface area contributed by atoms with Crippen molar-refractivity contribution in [2.75, 3.05) is 4.90 Å². The molecule has 3 aromatic carbocycles. The van der Waals surface area contributed by atoms with Crippen LogP contribution in [0.2, 0.25) is 0 Å². The molecule has 1 saturated carbocycles. The molecule has 7 heteroatoms. The van der Waals surface area contributed by atoms with E-state index in [1.54, 1.807) is 37.3 Å². The maximum absolute atomic E-state index is 13.5. The molecule has 0 unspecified atom stereocenters. The number of carbonyl (C=O) groups is 4. The number of hydrogen-bond acceptors (Lipinski definition) is 6. The Morgan fingerprint density at radius 3 is 2.26 bits per heavy atom. The van der Waals surface area contributed by atoms with Gasteiger partial charge >= 0.3 is 5.97 Å². The summed E-state index contributed by atoms with van der Waals surface area (Å²) >= 11 is 0. The summed E-state index contributed by atoms with van der Waals surface area (Å²) in [4.78, 5) is 59.0. The highest BCUT2D eigenvalue weighted by atomic mass is 16.5. The van der Waals surface area contributed by atoms with Gasteiger partial charge in [0.2, 0.25) is 17.6 Å². The van der Waals surface area contributed by atoms with Crippen molar-refractivity contribution < 1.29 is 23.9 Å². The van der Waals surface area contributed by atoms with Crippen molar-refractivity contribution in [1.29, 1.82) is 0 Å². The van der Waals surface area contributed by atoms with Crippen LogP contribution in [0.25, 0.3) is 22.2 Å². The lowest BCUT2D eigenvalue weighted by Crippen LogP contribution is -2.30. The number of esters is 1. The Balaban J connectivity index is 1.29. The van der Waals surface area contributed by atoms with Crippen LogP contribution in [0.4, 0.5) is 5.69 Å². The molecule has 6 rings (SSSR count). The Morgan fingerprint density at radius 1 is 0.860 bits per heavy atom. The van der Waals surface area contributed by atoms with Crippen LogP contribution in [0.1, 0.15) is 65.0 Å². The van der Waals surface area contributed by atoms with Gasteiger partial charge in [-0.05, 0) is 76.3 Å². The molecule has 2 aliphatic rings. The topological polar surface area (TPSA) is 93.6 Å². The molecule has 218 valence electrons. The van der Waals surface area contributed by atoms with Crippen LogP contribution < -0.4 is 4.90 Å². The summed E-state index contributed by atoms with van der Waals surface area (Å²) in [5.74, 6) is -1.17. The molecule has 2 heterocycles. The Labute approximate surface area is 250 Å². The summed E-state index contributed by atoms with van der Waals surface area (Å²) in [6.07, 6.45) is 1.48. The molecule has 0 spiro atoms. The molecule has 0 radical (unpaired) electrons. The molecule has 2 fully saturated rings. The predicted molar refractivity (Wildman–Crippen MR) is 165 cm³/mol. The molecule has 1 aliphatic carbocycles. The number of aromatic nitrogens is 1. The van der Waals surface area contributed by atoms with E-state index in [-0.39, 0.29) is 29.4 Å². The van der Waals surface area contributed by atoms with Gasteiger partial charge in [0.1, 0.15) is 0 Å². The third-order valence-corrected chi connectivity index (χ3v) is 8.78. The molecule has 4 aromatic rings. The van der Waals surface area contributed by atoms with Gasteiger partial charge < -0.3 is 4.74 Å². The maximum Gasteiger partial charge on any atom is 0.339 e. The summed E-state index contributed by atoms with van der Waals surface area (Å²) in [6, 6.07) is 21.6. The average molecular weight is 575 g/mol. The van der Waals surface area contributed by atoms with Crippen LogP contribution in [-0.2, 0) is 14.3 Å². The first-order chi connectivity index (χ1) is 20.6. The number of ether oxygens (including phenoxy) is 1. The molecule has 1 saturated heterocycles. The van der Waals surface area contributed by atoms with Gasteiger partial charge in [-0.25, -0.2) is 9.78 Å². The molecule has 7 nitrogen and oxygen atoms in total. The van der Waals surface area contributed by atoms with E-state index in [1.165, 1.54) is 4.90 Å². The molecule has 1 aliphatic heterocycles. The van der Waals surface area contributed by atoms with E-state index in [1.807, 2.05) is 56.3 Å². The van der Waals surface area contributed by atoms with Crippen LogP contribution in [0, 0.1) is 31.6 Å². The highest BCUT2D eigenvalue weighted by Gasteiger charge is 2.49. The second-order valence-corrected chi connectivity index (χ2v) is 12.0. The minimum absolute atomic E-state index is 0.117. The molecule has 43 heavy (non-hydrogen) atoms. The number of anilines is 1. The van der Waals surface area contributed by atoms with Crippen LogP contribution >= 0.6 is 0 Å². The molecular formula is C36H34N2O5. The number of fused-ring (bicyclic) bond motifs is 2. The second kappa shape index (κ2) is 11.2. The van der Waals surface area contributed by atoms with Crippen molar-refractivity contribution in [1.82, 2.24) is 4.98 Å². The maximum atomic E-state index is 13.5. The number of amides is 2. The van der Waals surface area contributed by atoms with Gasteiger partial charge in [-0.2, -0.15) is 0 Å². The molecule has 0 N–H and O–H groups in total. The number of benzene rings is 3. The Morgan fingerprint density at radius 2 is 1.53 bits per heavy atom. The number of hydrogen-bond donors (Lipinski definition) is 0. The van der Waals surface area contributed by atoms with Gasteiger partial charge in [0.05, 0.1) is 34.3 Å². The first kappa shape index (κ1) is 28.5. The summed E-state index contributed by atoms with van der Waals surface area (Å²) in [5, 5.41) is 0.630. The number of aryl methyl sites for hydroxylation is 2. The fraction of sp³-hybridized carbons (Fsp3) is 0.306. The fourth-order valence-electron chi connectivity index (χ4n) is 6.31. The zero-order valence-electron chi connectivity index (χ0n) is 24.8. The number of rotatable bonds is 6. The van der Waals surface area contributed by atoms with E-state index >= 15 is 0 Å². The third-order valence-electron chi connectivity index (χ3n) is 8.78. The summed E-state index contributed by atoms with van der Waals surface area (Å²) in [6.45, 7) is 7.58. The number of imide groups is 1. The van der Waals surface area contributed by atoms with E-state index < -0.39 is 12.1 Å². The monoisotopic (exact) mass is 574 g/mol. The number of pyridine rings is 1. The summed E-state index contributed by atoms with van der Waals surface area (Å²) in [7, 11) is 0. The van der Waals surface area contributed by atoms with Gasteiger partial charge in [0, 0.05) is 16.5 Å². The Bertz CT molecular complexity index is 1760. The van der Waals surface area contributed by atoms with Crippen LogP contribution in [0.15, 0.2) is 72.8 Å². The Kier molecular flexibility index (Phi) is 7.42. The van der Waals surface area contributed by atoms with Crippen LogP contribution in [0.5, 0.6) is 0 Å². The second-order valence-electron chi connectivity index (χ2n) is 12.0. The lowest BCUT2D eigenvalue weighted by atomic mass is 9.76. The van der Waals surface area contributed by atoms with Crippen LogP contribution in [0.3, 0.4) is 0 Å². The highest BCUT2D eigenvalue weighted by molar-refractivity contribution is 6.22. The average Bonchev–Trinajstić information content (AvgIpc) is 3.25. The lowest BCUT2D eigenvalue weighted by Gasteiger charge is -2.25. The number of nitrogens with zero attached hydrogens (tertiary/aromatic N) is 2. The molecular weight excluding hydrogens is 540 g/mol. The van der Waals surface area contributed by atoms with Crippen molar-refractivity contribution in [2.24, 2.45) is 17.8 Å². The minimum Gasteiger partial charge on any atom is -0.451 e. The molecule has 0 bridgehead atoms. The summed E-state index contributed by atoms with van der Waals surface area (Å²) < 4.78 is 5.69. The number of carbonyl (C=O) groups excluding carboxylic acids is 4. The number of ketones is 1. The third kappa shape index (κ3) is 5.36. The van der Waals surface area contributed by atoms with Crippen molar-refractivity contribution in [3.05, 3.63) is 95.1 Å². The quantitative estimate of drug-likeness (QED) is 0.142. The Hall–Kier alpha value is -4.65. The lowest BCUT2D eigenvalue weighted by molar-refractivity contribution is -0.122. The zero-order valence-corrected chi connectivity index (χ0v) is 24.8. The first-order valence-electron chi connectivity index (χ1n) is 14.8. The smallest absolute Gasteiger partial charge is 0.339 e. The van der Waals surface area contributed by atoms with Gasteiger partial charge in [-0.3, -0.25) is 19.3 Å². The van der Waals surface area contributed by atoms with Crippen LogP contribution in [-0.4, -0.2) is 34.7 Å². The van der Waals surface area contributed by atoms with Crippen molar-refractivity contribution in [3.8, 4) is 11.3 Å². The van der Waals surface area contributed by atoms with Gasteiger partial charge in [0.15, 0.2) is 6.10 Å². The van der Waals surface area contributed by atoms with E-state index in [9.17, 15) is 19.2 Å². The van der Waals surface area contributed by atoms with E-state index in [0.29, 0.717) is 44.9 Å².